The summed E-state index contributed by atoms with van der Waals surface area (Å²) in [5.74, 6) is 4.91. The predicted molar refractivity (Wildman–Crippen MR) is 74.1 cm³/mol. The number of anilines is 2. The molecule has 0 saturated heterocycles. The van der Waals surface area contributed by atoms with Gasteiger partial charge in [-0.2, -0.15) is 0 Å². The number of hydrogen-bond acceptors (Lipinski definition) is 4. The molecule has 4 N–H and O–H groups in total. The minimum Gasteiger partial charge on any atom is -0.321 e. The normalized spacial score (nSPS) is 10.1. The lowest BCUT2D eigenvalue weighted by molar-refractivity contribution is 0.102. The molecular weight excluding hydrogens is 315 g/mol. The van der Waals surface area contributed by atoms with Gasteiger partial charge in [0.05, 0.1) is 11.3 Å². The summed E-state index contributed by atoms with van der Waals surface area (Å²) in [6.45, 7) is 0. The van der Waals surface area contributed by atoms with Gasteiger partial charge in [0.25, 0.3) is 5.91 Å². The fraction of sp³-hybridized carbons (Fsp3) is 0. The van der Waals surface area contributed by atoms with E-state index in [1.54, 1.807) is 12.1 Å². The third-order valence-corrected chi connectivity index (χ3v) is 3.01. The Balaban J connectivity index is 2.15. The van der Waals surface area contributed by atoms with Gasteiger partial charge in [-0.1, -0.05) is 0 Å². The van der Waals surface area contributed by atoms with Crippen molar-refractivity contribution in [3.05, 3.63) is 52.4 Å². The highest BCUT2D eigenvalue weighted by Crippen LogP contribution is 2.23. The summed E-state index contributed by atoms with van der Waals surface area (Å²) in [6, 6.07) is 7.17. The van der Waals surface area contributed by atoms with Crippen molar-refractivity contribution < 1.29 is 9.18 Å². The van der Waals surface area contributed by atoms with Gasteiger partial charge in [-0.3, -0.25) is 4.79 Å². The maximum absolute atomic E-state index is 12.9. The molecule has 1 aromatic carbocycles. The van der Waals surface area contributed by atoms with Crippen molar-refractivity contribution in [2.24, 2.45) is 5.84 Å². The molecule has 7 heteroatoms. The number of nitrogens with zero attached hydrogens (tertiary/aromatic N) is 1. The Bertz CT molecular complexity index is 603. The SMILES string of the molecule is NNc1ccc(C(=O)Nc2ccc(F)cc2Br)cn1. The van der Waals surface area contributed by atoms with E-state index in [1.807, 2.05) is 0 Å². The van der Waals surface area contributed by atoms with Gasteiger partial charge in [0.15, 0.2) is 0 Å². The fourth-order valence-electron chi connectivity index (χ4n) is 1.40. The van der Waals surface area contributed by atoms with Gasteiger partial charge < -0.3 is 10.7 Å². The number of halogens is 2. The Morgan fingerprint density at radius 3 is 2.68 bits per heavy atom. The zero-order valence-corrected chi connectivity index (χ0v) is 11.2. The molecule has 0 aliphatic heterocycles. The third kappa shape index (κ3) is 3.27. The van der Waals surface area contributed by atoms with Crippen LogP contribution in [0.25, 0.3) is 0 Å². The van der Waals surface area contributed by atoms with Crippen LogP contribution in [0.4, 0.5) is 15.9 Å². The van der Waals surface area contributed by atoms with Gasteiger partial charge in [0.1, 0.15) is 11.6 Å². The van der Waals surface area contributed by atoms with Gasteiger partial charge in [-0.25, -0.2) is 15.2 Å². The maximum Gasteiger partial charge on any atom is 0.257 e. The van der Waals surface area contributed by atoms with E-state index < -0.39 is 0 Å². The zero-order valence-electron chi connectivity index (χ0n) is 9.65. The second-order valence-corrected chi connectivity index (χ2v) is 4.51. The topological polar surface area (TPSA) is 80.0 Å². The molecule has 5 nitrogen and oxygen atoms in total. The van der Waals surface area contributed by atoms with Crippen molar-refractivity contribution >= 4 is 33.3 Å². The molecular formula is C12H10BrFN4O. The Morgan fingerprint density at radius 2 is 2.11 bits per heavy atom. The number of aromatic nitrogens is 1. The van der Waals surface area contributed by atoms with E-state index in [1.165, 1.54) is 24.4 Å². The van der Waals surface area contributed by atoms with Crippen molar-refractivity contribution in [2.45, 2.75) is 0 Å². The molecule has 0 bridgehead atoms. The highest BCUT2D eigenvalue weighted by molar-refractivity contribution is 9.10. The molecule has 2 rings (SSSR count). The zero-order chi connectivity index (χ0) is 13.8. The number of pyridine rings is 1. The summed E-state index contributed by atoms with van der Waals surface area (Å²) >= 11 is 3.17. The summed E-state index contributed by atoms with van der Waals surface area (Å²) in [4.78, 5) is 15.9. The lowest BCUT2D eigenvalue weighted by atomic mass is 10.2. The van der Waals surface area contributed by atoms with E-state index in [0.717, 1.165) is 0 Å². The summed E-state index contributed by atoms with van der Waals surface area (Å²) < 4.78 is 13.4. The largest absolute Gasteiger partial charge is 0.321 e. The van der Waals surface area contributed by atoms with Crippen LogP contribution >= 0.6 is 15.9 Å². The van der Waals surface area contributed by atoms with E-state index in [9.17, 15) is 9.18 Å². The van der Waals surface area contributed by atoms with Crippen LogP contribution < -0.4 is 16.6 Å². The minimum absolute atomic E-state index is 0.344. The lowest BCUT2D eigenvalue weighted by Gasteiger charge is -2.07. The van der Waals surface area contributed by atoms with E-state index in [4.69, 9.17) is 5.84 Å². The number of nitrogens with two attached hydrogens (primary N) is 1. The predicted octanol–water partition coefficient (Wildman–Crippen LogP) is 2.52. The quantitative estimate of drug-likeness (QED) is 0.598. The average molecular weight is 325 g/mol. The van der Waals surface area contributed by atoms with Gasteiger partial charge >= 0.3 is 0 Å². The van der Waals surface area contributed by atoms with Crippen LogP contribution in [0, 0.1) is 5.82 Å². The first kappa shape index (κ1) is 13.4. The van der Waals surface area contributed by atoms with Gasteiger partial charge in [0, 0.05) is 10.7 Å². The molecule has 1 heterocycles. The van der Waals surface area contributed by atoms with Crippen molar-refractivity contribution in [1.82, 2.24) is 4.98 Å². The molecule has 98 valence electrons. The molecule has 1 aromatic heterocycles. The first-order valence-corrected chi connectivity index (χ1v) is 6.08. The number of hydrazine groups is 1. The third-order valence-electron chi connectivity index (χ3n) is 2.35. The van der Waals surface area contributed by atoms with E-state index >= 15 is 0 Å². The van der Waals surface area contributed by atoms with Crippen molar-refractivity contribution in [1.29, 1.82) is 0 Å². The average Bonchev–Trinajstić information content (AvgIpc) is 2.42. The molecule has 19 heavy (non-hydrogen) atoms. The van der Waals surface area contributed by atoms with Gasteiger partial charge in [-0.15, -0.1) is 0 Å². The number of carbonyl (C=O) groups excluding carboxylic acids is 1. The Morgan fingerprint density at radius 1 is 1.32 bits per heavy atom. The van der Waals surface area contributed by atoms with Crippen LogP contribution in [0.5, 0.6) is 0 Å². The van der Waals surface area contributed by atoms with Crippen molar-refractivity contribution in [3.8, 4) is 0 Å². The number of nitrogen functional groups attached to an aromatic ring is 1. The number of carbonyl (C=O) groups is 1. The van der Waals surface area contributed by atoms with E-state index in [2.05, 4.69) is 31.7 Å². The molecule has 0 aliphatic rings. The van der Waals surface area contributed by atoms with Gasteiger partial charge in [-0.05, 0) is 46.3 Å². The number of amides is 1. The minimum atomic E-state index is -0.384. The molecule has 2 aromatic rings. The highest BCUT2D eigenvalue weighted by atomic mass is 79.9. The van der Waals surface area contributed by atoms with Crippen LogP contribution in [-0.2, 0) is 0 Å². The van der Waals surface area contributed by atoms with Crippen molar-refractivity contribution in [3.63, 3.8) is 0 Å². The van der Waals surface area contributed by atoms with Crippen LogP contribution in [0.15, 0.2) is 41.0 Å². The molecule has 0 radical (unpaired) electrons. The smallest absolute Gasteiger partial charge is 0.257 e. The second kappa shape index (κ2) is 5.77. The molecule has 0 fully saturated rings. The van der Waals surface area contributed by atoms with E-state index in [0.29, 0.717) is 21.5 Å². The van der Waals surface area contributed by atoms with Crippen LogP contribution in [0.1, 0.15) is 10.4 Å². The molecule has 0 aliphatic carbocycles. The summed E-state index contributed by atoms with van der Waals surface area (Å²) in [5.41, 5.74) is 3.22. The first-order chi connectivity index (χ1) is 9.10. The fourth-order valence-corrected chi connectivity index (χ4v) is 1.85. The number of benzene rings is 1. The van der Waals surface area contributed by atoms with Crippen molar-refractivity contribution in [2.75, 3.05) is 10.7 Å². The Labute approximate surface area is 117 Å². The summed E-state index contributed by atoms with van der Waals surface area (Å²) in [5, 5.41) is 2.65. The monoisotopic (exact) mass is 324 g/mol. The summed E-state index contributed by atoms with van der Waals surface area (Å²) in [7, 11) is 0. The molecule has 0 spiro atoms. The Kier molecular flexibility index (Phi) is 4.08. The maximum atomic E-state index is 12.9. The van der Waals surface area contributed by atoms with Crippen LogP contribution in [-0.4, -0.2) is 10.9 Å². The second-order valence-electron chi connectivity index (χ2n) is 3.65. The van der Waals surface area contributed by atoms with Crippen LogP contribution in [0.2, 0.25) is 0 Å². The number of rotatable bonds is 3. The van der Waals surface area contributed by atoms with Gasteiger partial charge in [0.2, 0.25) is 0 Å². The molecule has 1 amide bonds. The molecule has 0 saturated carbocycles. The standard InChI is InChI=1S/C12H10BrFN4O/c13-9-5-8(14)2-3-10(9)17-12(19)7-1-4-11(18-15)16-6-7/h1-6H,15H2,(H,16,18)(H,17,19). The van der Waals surface area contributed by atoms with E-state index in [-0.39, 0.29) is 11.7 Å². The summed E-state index contributed by atoms with van der Waals surface area (Å²) in [6.07, 6.45) is 1.39. The molecule has 0 atom stereocenters. The number of nitrogens with one attached hydrogen (secondary N) is 2. The Hall–Kier alpha value is -1.99. The first-order valence-electron chi connectivity index (χ1n) is 5.29. The van der Waals surface area contributed by atoms with Crippen LogP contribution in [0.3, 0.4) is 0 Å². The molecule has 0 unspecified atom stereocenters. The highest BCUT2D eigenvalue weighted by Gasteiger charge is 2.09. The number of hydrogen-bond donors (Lipinski definition) is 3. The lowest BCUT2D eigenvalue weighted by Crippen LogP contribution is -2.14.